The molecule has 2 heteroatoms. The lowest BCUT2D eigenvalue weighted by Gasteiger charge is -2.48. The lowest BCUT2D eigenvalue weighted by atomic mass is 9.56. The summed E-state index contributed by atoms with van der Waals surface area (Å²) in [6, 6.07) is 0. The van der Waals surface area contributed by atoms with Crippen molar-refractivity contribution in [3.8, 4) is 0 Å². The molecular formula is C16H25NS. The van der Waals surface area contributed by atoms with E-state index in [0.717, 1.165) is 29.6 Å². The molecule has 0 aromatic rings. The van der Waals surface area contributed by atoms with E-state index in [1.165, 1.54) is 25.7 Å². The number of hydrogen-bond donors (Lipinski definition) is 0. The summed E-state index contributed by atoms with van der Waals surface area (Å²) in [6.45, 7) is 9.67. The molecule has 6 atom stereocenters. The van der Waals surface area contributed by atoms with Crippen molar-refractivity contribution in [3.05, 3.63) is 0 Å². The minimum absolute atomic E-state index is 0.0922. The number of nitrogens with zero attached hydrogens (tertiary/aromatic N) is 1. The summed E-state index contributed by atoms with van der Waals surface area (Å²) in [4.78, 5) is 4.68. The monoisotopic (exact) mass is 263 g/mol. The standard InChI is InChI=1S/C16H25NS/c1-10(2)13-6-14-15(3)7-11(13)5-12(8-15)16(14,4)17-9-18/h10-14H,5-8H2,1-4H3. The summed E-state index contributed by atoms with van der Waals surface area (Å²) < 4.78 is 0. The van der Waals surface area contributed by atoms with Crippen LogP contribution in [0.15, 0.2) is 4.99 Å². The smallest absolute Gasteiger partial charge is 0.0744 e. The molecule has 6 unspecified atom stereocenters. The topological polar surface area (TPSA) is 12.4 Å². The molecule has 0 amide bonds. The van der Waals surface area contributed by atoms with Gasteiger partial charge in [-0.1, -0.05) is 20.8 Å². The Balaban J connectivity index is 2.03. The van der Waals surface area contributed by atoms with Gasteiger partial charge in [0.05, 0.1) is 10.7 Å². The van der Waals surface area contributed by atoms with Gasteiger partial charge in [-0.15, -0.1) is 0 Å². The fraction of sp³-hybridized carbons (Fsp3) is 0.938. The Morgan fingerprint density at radius 3 is 2.56 bits per heavy atom. The molecule has 0 aliphatic heterocycles. The molecule has 18 heavy (non-hydrogen) atoms. The predicted molar refractivity (Wildman–Crippen MR) is 78.8 cm³/mol. The van der Waals surface area contributed by atoms with Crippen LogP contribution in [-0.2, 0) is 0 Å². The van der Waals surface area contributed by atoms with Crippen LogP contribution in [0.1, 0.15) is 53.4 Å². The van der Waals surface area contributed by atoms with E-state index in [0.29, 0.717) is 5.41 Å². The third-order valence-electron chi connectivity index (χ3n) is 6.66. The van der Waals surface area contributed by atoms with E-state index in [2.05, 4.69) is 37.8 Å². The Morgan fingerprint density at radius 2 is 1.94 bits per heavy atom. The number of thiocarbonyl (C=S) groups is 1. The Labute approximate surface area is 116 Å². The highest BCUT2D eigenvalue weighted by Crippen LogP contribution is 2.69. The van der Waals surface area contributed by atoms with Crippen LogP contribution in [0.2, 0.25) is 0 Å². The van der Waals surface area contributed by atoms with Crippen LogP contribution in [0.3, 0.4) is 0 Å². The second kappa shape index (κ2) is 3.90. The van der Waals surface area contributed by atoms with Gasteiger partial charge in [-0.3, -0.25) is 0 Å². The highest BCUT2D eigenvalue weighted by Gasteiger charge is 2.65. The van der Waals surface area contributed by atoms with Crippen LogP contribution < -0.4 is 0 Å². The molecule has 3 rings (SSSR count). The first-order valence-electron chi connectivity index (χ1n) is 7.50. The van der Waals surface area contributed by atoms with Gasteiger partial charge in [0.2, 0.25) is 0 Å². The SMILES string of the molecule is CC(C)C1CC2C3(C)CC1CC(C3)C2(C)N=C=S. The fourth-order valence-corrected chi connectivity index (χ4v) is 6.09. The first kappa shape index (κ1) is 12.8. The van der Waals surface area contributed by atoms with Crippen molar-refractivity contribution in [2.45, 2.75) is 58.9 Å². The molecule has 0 radical (unpaired) electrons. The van der Waals surface area contributed by atoms with Crippen molar-refractivity contribution in [1.29, 1.82) is 0 Å². The van der Waals surface area contributed by atoms with Crippen LogP contribution in [-0.4, -0.2) is 10.7 Å². The highest BCUT2D eigenvalue weighted by molar-refractivity contribution is 7.78. The van der Waals surface area contributed by atoms with E-state index in [1.807, 2.05) is 0 Å². The zero-order valence-electron chi connectivity index (χ0n) is 12.1. The first-order valence-corrected chi connectivity index (χ1v) is 7.90. The van der Waals surface area contributed by atoms with Crippen LogP contribution >= 0.6 is 12.2 Å². The van der Waals surface area contributed by atoms with E-state index in [9.17, 15) is 0 Å². The van der Waals surface area contributed by atoms with Gasteiger partial charge in [-0.05, 0) is 79.8 Å². The van der Waals surface area contributed by atoms with Crippen molar-refractivity contribution >= 4 is 17.4 Å². The summed E-state index contributed by atoms with van der Waals surface area (Å²) in [5, 5.41) is 2.72. The van der Waals surface area contributed by atoms with Crippen LogP contribution in [0, 0.1) is 35.0 Å². The summed E-state index contributed by atoms with van der Waals surface area (Å²) >= 11 is 4.94. The molecule has 3 saturated carbocycles. The number of aliphatic imine (C=N–C) groups is 1. The molecule has 3 aliphatic carbocycles. The first-order chi connectivity index (χ1) is 8.40. The van der Waals surface area contributed by atoms with Crippen molar-refractivity contribution in [2.75, 3.05) is 0 Å². The Morgan fingerprint density at radius 1 is 1.22 bits per heavy atom. The van der Waals surface area contributed by atoms with Crippen molar-refractivity contribution in [3.63, 3.8) is 0 Å². The summed E-state index contributed by atoms with van der Waals surface area (Å²) in [7, 11) is 0. The van der Waals surface area contributed by atoms with Gasteiger partial charge in [-0.25, -0.2) is 4.99 Å². The summed E-state index contributed by atoms with van der Waals surface area (Å²) in [6.07, 6.45) is 5.55. The van der Waals surface area contributed by atoms with Crippen LogP contribution in [0.25, 0.3) is 0 Å². The third kappa shape index (κ3) is 1.51. The van der Waals surface area contributed by atoms with E-state index in [4.69, 9.17) is 12.2 Å². The van der Waals surface area contributed by atoms with Gasteiger partial charge in [0.1, 0.15) is 0 Å². The lowest BCUT2D eigenvalue weighted by Crippen LogP contribution is -2.42. The van der Waals surface area contributed by atoms with Gasteiger partial charge in [0.15, 0.2) is 0 Å². The average molecular weight is 263 g/mol. The molecule has 100 valence electrons. The van der Waals surface area contributed by atoms with E-state index in [-0.39, 0.29) is 5.54 Å². The highest BCUT2D eigenvalue weighted by atomic mass is 32.1. The average Bonchev–Trinajstić information content (AvgIpc) is 2.36. The maximum atomic E-state index is 4.94. The van der Waals surface area contributed by atoms with Gasteiger partial charge in [0, 0.05) is 0 Å². The Bertz CT molecular complexity index is 411. The van der Waals surface area contributed by atoms with Crippen LogP contribution in [0.4, 0.5) is 0 Å². The molecule has 3 bridgehead atoms. The molecule has 1 nitrogen and oxygen atoms in total. The normalized spacial score (nSPS) is 53.6. The second-order valence-corrected chi connectivity index (χ2v) is 8.06. The largest absolute Gasteiger partial charge is 0.225 e. The molecule has 0 aromatic carbocycles. The van der Waals surface area contributed by atoms with Gasteiger partial charge in [-0.2, -0.15) is 0 Å². The molecule has 0 N–H and O–H groups in total. The third-order valence-corrected chi connectivity index (χ3v) is 6.75. The molecule has 3 aliphatic rings. The summed E-state index contributed by atoms with van der Waals surface area (Å²) in [5.41, 5.74) is 0.623. The maximum absolute atomic E-state index is 4.94. The number of hydrogen-bond acceptors (Lipinski definition) is 2. The molecule has 0 heterocycles. The number of fused-ring (bicyclic) bond motifs is 2. The lowest BCUT2D eigenvalue weighted by molar-refractivity contribution is 0.0103. The molecular weight excluding hydrogens is 238 g/mol. The van der Waals surface area contributed by atoms with E-state index >= 15 is 0 Å². The second-order valence-electron chi connectivity index (χ2n) is 7.88. The minimum atomic E-state index is 0.0922. The van der Waals surface area contributed by atoms with E-state index in [1.54, 1.807) is 0 Å². The zero-order valence-corrected chi connectivity index (χ0v) is 12.9. The summed E-state index contributed by atoms with van der Waals surface area (Å²) in [5.74, 6) is 4.15. The van der Waals surface area contributed by atoms with E-state index < -0.39 is 0 Å². The maximum Gasteiger partial charge on any atom is 0.0744 e. The van der Waals surface area contributed by atoms with Gasteiger partial charge >= 0.3 is 0 Å². The minimum Gasteiger partial charge on any atom is -0.225 e. The van der Waals surface area contributed by atoms with Crippen LogP contribution in [0.5, 0.6) is 0 Å². The van der Waals surface area contributed by atoms with Crippen molar-refractivity contribution < 1.29 is 0 Å². The molecule has 3 fully saturated rings. The predicted octanol–water partition coefficient (Wildman–Crippen LogP) is 4.58. The van der Waals surface area contributed by atoms with Gasteiger partial charge < -0.3 is 0 Å². The molecule has 0 spiro atoms. The Kier molecular flexibility index (Phi) is 2.78. The van der Waals surface area contributed by atoms with Crippen molar-refractivity contribution in [2.24, 2.45) is 40.0 Å². The quantitative estimate of drug-likeness (QED) is 0.525. The number of rotatable bonds is 2. The number of isothiocyanates is 1. The van der Waals surface area contributed by atoms with Crippen molar-refractivity contribution in [1.82, 2.24) is 0 Å². The molecule has 0 saturated heterocycles. The van der Waals surface area contributed by atoms with Gasteiger partial charge in [0.25, 0.3) is 0 Å². The molecule has 0 aromatic heterocycles. The zero-order chi connectivity index (χ0) is 13.1. The Hall–Kier alpha value is -0.200. The fourth-order valence-electron chi connectivity index (χ4n) is 5.89.